The third kappa shape index (κ3) is 5.00. The van der Waals surface area contributed by atoms with Gasteiger partial charge in [-0.25, -0.2) is 4.98 Å². The van der Waals surface area contributed by atoms with Gasteiger partial charge >= 0.3 is 0 Å². The van der Waals surface area contributed by atoms with Crippen LogP contribution in [0.1, 0.15) is 5.56 Å². The number of ether oxygens (including phenoxy) is 1. The quantitative estimate of drug-likeness (QED) is 0.436. The summed E-state index contributed by atoms with van der Waals surface area (Å²) in [5.41, 5.74) is 6.46. The molecule has 1 fully saturated rings. The first-order chi connectivity index (χ1) is 16.2. The number of piperazine rings is 1. The van der Waals surface area contributed by atoms with Crippen molar-refractivity contribution in [2.75, 3.05) is 45.7 Å². The van der Waals surface area contributed by atoms with E-state index in [-0.39, 0.29) is 0 Å². The molecule has 1 N–H and O–H groups in total. The van der Waals surface area contributed by atoms with Crippen molar-refractivity contribution in [3.8, 4) is 17.0 Å². The van der Waals surface area contributed by atoms with Gasteiger partial charge in [0.2, 0.25) is 0 Å². The lowest BCUT2D eigenvalue weighted by molar-refractivity contribution is 0.148. The first-order valence-electron chi connectivity index (χ1n) is 11.5. The van der Waals surface area contributed by atoms with E-state index in [4.69, 9.17) is 9.72 Å². The molecule has 2 heterocycles. The standard InChI is InChI=1S/C28H30N4O/c1-31-14-16-32(17-15-31)20-21-6-5-7-23(18-21)29-28-19-27(22-10-12-24(33-2)13-11-22)30-26-9-4-3-8-25(26)28/h3-13,18-19H,14-17,20H2,1-2H3,(H,29,30). The van der Waals surface area contributed by atoms with Crippen molar-refractivity contribution >= 4 is 22.3 Å². The van der Waals surface area contributed by atoms with Crippen molar-refractivity contribution in [3.63, 3.8) is 0 Å². The first-order valence-corrected chi connectivity index (χ1v) is 11.5. The smallest absolute Gasteiger partial charge is 0.118 e. The molecular weight excluding hydrogens is 408 g/mol. The highest BCUT2D eigenvalue weighted by molar-refractivity contribution is 5.95. The molecule has 0 radical (unpaired) electrons. The molecule has 0 atom stereocenters. The van der Waals surface area contributed by atoms with Crippen LogP contribution in [-0.4, -0.2) is 55.1 Å². The van der Waals surface area contributed by atoms with Crippen LogP contribution in [0.25, 0.3) is 22.2 Å². The van der Waals surface area contributed by atoms with Gasteiger partial charge in [-0.3, -0.25) is 4.90 Å². The Balaban J connectivity index is 1.43. The molecule has 4 aromatic rings. The monoisotopic (exact) mass is 438 g/mol. The lowest BCUT2D eigenvalue weighted by Gasteiger charge is -2.32. The Morgan fingerprint density at radius 1 is 0.879 bits per heavy atom. The van der Waals surface area contributed by atoms with Gasteiger partial charge in [0.25, 0.3) is 0 Å². The Kier molecular flexibility index (Phi) is 6.24. The average Bonchev–Trinajstić information content (AvgIpc) is 2.86. The highest BCUT2D eigenvalue weighted by atomic mass is 16.5. The summed E-state index contributed by atoms with van der Waals surface area (Å²) in [5, 5.41) is 4.78. The van der Waals surface area contributed by atoms with E-state index < -0.39 is 0 Å². The van der Waals surface area contributed by atoms with E-state index in [1.807, 2.05) is 18.2 Å². The summed E-state index contributed by atoms with van der Waals surface area (Å²) in [6.45, 7) is 5.49. The third-order valence-electron chi connectivity index (χ3n) is 6.31. The SMILES string of the molecule is COc1ccc(-c2cc(Nc3cccc(CN4CCN(C)CC4)c3)c3ccccc3n2)cc1. The van der Waals surface area contributed by atoms with Crippen molar-refractivity contribution < 1.29 is 4.74 Å². The number of pyridine rings is 1. The summed E-state index contributed by atoms with van der Waals surface area (Å²) in [7, 11) is 3.88. The van der Waals surface area contributed by atoms with Crippen LogP contribution in [0, 0.1) is 0 Å². The number of nitrogens with zero attached hydrogens (tertiary/aromatic N) is 3. The first kappa shape index (κ1) is 21.4. The number of aromatic nitrogens is 1. The molecule has 0 spiro atoms. The highest BCUT2D eigenvalue weighted by Crippen LogP contribution is 2.31. The fourth-order valence-corrected chi connectivity index (χ4v) is 4.36. The van der Waals surface area contributed by atoms with Crippen molar-refractivity contribution in [1.82, 2.24) is 14.8 Å². The van der Waals surface area contributed by atoms with Crippen LogP contribution in [0.4, 0.5) is 11.4 Å². The number of hydrogen-bond acceptors (Lipinski definition) is 5. The number of benzene rings is 3. The summed E-state index contributed by atoms with van der Waals surface area (Å²) < 4.78 is 5.31. The molecule has 5 nitrogen and oxygen atoms in total. The Hall–Kier alpha value is -3.41. The predicted octanol–water partition coefficient (Wildman–Crippen LogP) is 5.40. The summed E-state index contributed by atoms with van der Waals surface area (Å²) in [5.74, 6) is 0.843. The number of rotatable bonds is 6. The zero-order valence-corrected chi connectivity index (χ0v) is 19.3. The van der Waals surface area contributed by atoms with E-state index in [9.17, 15) is 0 Å². The second-order valence-electron chi connectivity index (χ2n) is 8.71. The van der Waals surface area contributed by atoms with Gasteiger partial charge in [-0.15, -0.1) is 0 Å². The molecule has 5 rings (SSSR count). The summed E-state index contributed by atoms with van der Waals surface area (Å²) in [4.78, 5) is 9.84. The van der Waals surface area contributed by atoms with Crippen LogP contribution < -0.4 is 10.1 Å². The van der Waals surface area contributed by atoms with Gasteiger partial charge in [-0.05, 0) is 61.1 Å². The molecule has 5 heteroatoms. The van der Waals surface area contributed by atoms with E-state index in [0.717, 1.165) is 72.0 Å². The fraction of sp³-hybridized carbons (Fsp3) is 0.250. The minimum absolute atomic E-state index is 0.843. The molecule has 0 unspecified atom stereocenters. The summed E-state index contributed by atoms with van der Waals surface area (Å²) in [6, 6.07) is 27.2. The Morgan fingerprint density at radius 2 is 1.67 bits per heavy atom. The molecule has 33 heavy (non-hydrogen) atoms. The molecule has 1 aromatic heterocycles. The maximum Gasteiger partial charge on any atom is 0.118 e. The minimum atomic E-state index is 0.843. The Bertz CT molecular complexity index is 1230. The number of para-hydroxylation sites is 1. The number of methoxy groups -OCH3 is 1. The number of hydrogen-bond donors (Lipinski definition) is 1. The maximum absolute atomic E-state index is 5.31. The number of anilines is 2. The molecule has 0 saturated carbocycles. The molecule has 168 valence electrons. The van der Waals surface area contributed by atoms with Crippen LogP contribution >= 0.6 is 0 Å². The van der Waals surface area contributed by atoms with Crippen molar-refractivity contribution in [2.45, 2.75) is 6.54 Å². The molecule has 1 aliphatic rings. The summed E-state index contributed by atoms with van der Waals surface area (Å²) in [6.07, 6.45) is 0. The van der Waals surface area contributed by atoms with Gasteiger partial charge in [-0.2, -0.15) is 0 Å². The van der Waals surface area contributed by atoms with Crippen LogP contribution in [0.15, 0.2) is 78.9 Å². The number of nitrogens with one attached hydrogen (secondary N) is 1. The van der Waals surface area contributed by atoms with E-state index in [1.54, 1.807) is 7.11 Å². The topological polar surface area (TPSA) is 40.6 Å². The molecule has 0 aliphatic carbocycles. The van der Waals surface area contributed by atoms with E-state index >= 15 is 0 Å². The second-order valence-corrected chi connectivity index (χ2v) is 8.71. The zero-order valence-electron chi connectivity index (χ0n) is 19.3. The number of likely N-dealkylation sites (N-methyl/N-ethyl adjacent to an activating group) is 1. The minimum Gasteiger partial charge on any atom is -0.497 e. The van der Waals surface area contributed by atoms with Gasteiger partial charge in [0, 0.05) is 49.4 Å². The van der Waals surface area contributed by atoms with Gasteiger partial charge in [-0.1, -0.05) is 30.3 Å². The Labute approximate surface area is 195 Å². The molecular formula is C28H30N4O. The lowest BCUT2D eigenvalue weighted by atomic mass is 10.1. The van der Waals surface area contributed by atoms with Crippen LogP contribution in [-0.2, 0) is 6.54 Å². The maximum atomic E-state index is 5.31. The third-order valence-corrected chi connectivity index (χ3v) is 6.31. The molecule has 1 aliphatic heterocycles. The largest absolute Gasteiger partial charge is 0.497 e. The van der Waals surface area contributed by atoms with E-state index in [2.05, 4.69) is 82.8 Å². The van der Waals surface area contributed by atoms with Crippen molar-refractivity contribution in [3.05, 3.63) is 84.4 Å². The molecule has 1 saturated heterocycles. The molecule has 0 amide bonds. The summed E-state index contributed by atoms with van der Waals surface area (Å²) >= 11 is 0. The second kappa shape index (κ2) is 9.61. The van der Waals surface area contributed by atoms with Crippen LogP contribution in [0.3, 0.4) is 0 Å². The van der Waals surface area contributed by atoms with Gasteiger partial charge in [0.05, 0.1) is 24.0 Å². The van der Waals surface area contributed by atoms with Crippen molar-refractivity contribution in [2.24, 2.45) is 0 Å². The van der Waals surface area contributed by atoms with Crippen LogP contribution in [0.2, 0.25) is 0 Å². The molecule has 0 bridgehead atoms. The molecule has 3 aromatic carbocycles. The Morgan fingerprint density at radius 3 is 2.45 bits per heavy atom. The number of fused-ring (bicyclic) bond motifs is 1. The van der Waals surface area contributed by atoms with Gasteiger partial charge < -0.3 is 15.0 Å². The van der Waals surface area contributed by atoms with Crippen LogP contribution in [0.5, 0.6) is 5.75 Å². The van der Waals surface area contributed by atoms with E-state index in [0.29, 0.717) is 0 Å². The van der Waals surface area contributed by atoms with E-state index in [1.165, 1.54) is 5.56 Å². The zero-order chi connectivity index (χ0) is 22.6. The fourth-order valence-electron chi connectivity index (χ4n) is 4.36. The highest BCUT2D eigenvalue weighted by Gasteiger charge is 2.14. The average molecular weight is 439 g/mol. The van der Waals surface area contributed by atoms with Gasteiger partial charge in [0.1, 0.15) is 5.75 Å². The predicted molar refractivity (Wildman–Crippen MR) is 136 cm³/mol. The lowest BCUT2D eigenvalue weighted by Crippen LogP contribution is -2.43. The normalized spacial score (nSPS) is 15.0. The van der Waals surface area contributed by atoms with Crippen molar-refractivity contribution in [1.29, 1.82) is 0 Å². The van der Waals surface area contributed by atoms with Gasteiger partial charge in [0.15, 0.2) is 0 Å².